The van der Waals surface area contributed by atoms with E-state index in [1.807, 2.05) is 25.1 Å². The molecule has 0 fully saturated rings. The molecule has 0 saturated heterocycles. The van der Waals surface area contributed by atoms with Crippen LogP contribution in [0.15, 0.2) is 41.6 Å². The Labute approximate surface area is 157 Å². The number of carbonyl (C=O) groups excluding carboxylic acids is 1. The Balaban J connectivity index is 1.54. The first-order valence-electron chi connectivity index (χ1n) is 8.98. The first-order valence-corrected chi connectivity index (χ1v) is 8.98. The summed E-state index contributed by atoms with van der Waals surface area (Å²) >= 11 is 0. The predicted octanol–water partition coefficient (Wildman–Crippen LogP) is 1.83. The molecule has 0 radical (unpaired) electrons. The molecule has 1 aromatic carbocycles. The Morgan fingerprint density at radius 2 is 2.04 bits per heavy atom. The first-order chi connectivity index (χ1) is 13.2. The predicted molar refractivity (Wildman–Crippen MR) is 103 cm³/mol. The molecule has 1 aromatic heterocycles. The van der Waals surface area contributed by atoms with Crippen LogP contribution in [0.25, 0.3) is 11.3 Å². The fourth-order valence-corrected chi connectivity index (χ4v) is 2.67. The molecule has 1 aliphatic heterocycles. The summed E-state index contributed by atoms with van der Waals surface area (Å²) in [5.74, 6) is 0.456. The van der Waals surface area contributed by atoms with Gasteiger partial charge in [0.25, 0.3) is 5.91 Å². The number of hydrogen-bond acceptors (Lipinski definition) is 7. The second-order valence-corrected chi connectivity index (χ2v) is 6.18. The van der Waals surface area contributed by atoms with Gasteiger partial charge in [0.2, 0.25) is 0 Å². The standard InChI is InChI=1S/C19H23N5O3/c1-2-15-11-16(27-24-15)12-21-19(26)14-5-3-13(4-6-14)17-7-8-18(23-22-17)20-9-10-25/h3-8,16,25H,2,9-12H2,1H3,(H,20,23)(H,21,26). The fourth-order valence-electron chi connectivity index (χ4n) is 2.67. The van der Waals surface area contributed by atoms with E-state index in [4.69, 9.17) is 9.94 Å². The molecule has 27 heavy (non-hydrogen) atoms. The highest BCUT2D eigenvalue weighted by Crippen LogP contribution is 2.18. The number of aliphatic hydroxyl groups excluding tert-OH is 1. The number of oxime groups is 1. The van der Waals surface area contributed by atoms with Crippen molar-refractivity contribution in [2.45, 2.75) is 25.9 Å². The molecule has 1 unspecified atom stereocenters. The third-order valence-electron chi connectivity index (χ3n) is 4.22. The van der Waals surface area contributed by atoms with Gasteiger partial charge in [0.05, 0.1) is 24.6 Å². The molecule has 142 valence electrons. The van der Waals surface area contributed by atoms with E-state index in [9.17, 15) is 4.79 Å². The van der Waals surface area contributed by atoms with Gasteiger partial charge < -0.3 is 20.6 Å². The van der Waals surface area contributed by atoms with Crippen LogP contribution in [0, 0.1) is 0 Å². The lowest BCUT2D eigenvalue weighted by Gasteiger charge is -2.10. The molecule has 8 nitrogen and oxygen atoms in total. The maximum Gasteiger partial charge on any atom is 0.251 e. The molecule has 0 saturated carbocycles. The molecule has 0 bridgehead atoms. The van der Waals surface area contributed by atoms with E-state index < -0.39 is 0 Å². The summed E-state index contributed by atoms with van der Waals surface area (Å²) in [7, 11) is 0. The minimum Gasteiger partial charge on any atom is -0.395 e. The highest BCUT2D eigenvalue weighted by Gasteiger charge is 2.20. The molecule has 1 atom stereocenters. The first kappa shape index (κ1) is 18.8. The number of aromatic nitrogens is 2. The Morgan fingerprint density at radius 3 is 2.67 bits per heavy atom. The summed E-state index contributed by atoms with van der Waals surface area (Å²) < 4.78 is 0. The van der Waals surface area contributed by atoms with Crippen LogP contribution in [0.1, 0.15) is 30.1 Å². The number of amides is 1. The van der Waals surface area contributed by atoms with Gasteiger partial charge in [-0.2, -0.15) is 0 Å². The Kier molecular flexibility index (Phi) is 6.32. The van der Waals surface area contributed by atoms with Crippen molar-refractivity contribution in [2.24, 2.45) is 5.16 Å². The van der Waals surface area contributed by atoms with Crippen molar-refractivity contribution in [3.8, 4) is 11.3 Å². The molecular weight excluding hydrogens is 346 g/mol. The van der Waals surface area contributed by atoms with Gasteiger partial charge in [-0.05, 0) is 30.7 Å². The van der Waals surface area contributed by atoms with Gasteiger partial charge in [0, 0.05) is 24.1 Å². The zero-order chi connectivity index (χ0) is 19.1. The van der Waals surface area contributed by atoms with E-state index in [1.54, 1.807) is 18.2 Å². The molecule has 3 N–H and O–H groups in total. The van der Waals surface area contributed by atoms with Crippen molar-refractivity contribution in [2.75, 3.05) is 25.0 Å². The number of nitrogens with one attached hydrogen (secondary N) is 2. The molecule has 0 aliphatic carbocycles. The fraction of sp³-hybridized carbons (Fsp3) is 0.368. The van der Waals surface area contributed by atoms with Gasteiger partial charge in [-0.15, -0.1) is 10.2 Å². The molecule has 0 spiro atoms. The minimum absolute atomic E-state index is 0.0343. The van der Waals surface area contributed by atoms with Gasteiger partial charge >= 0.3 is 0 Å². The molecule has 1 aliphatic rings. The Morgan fingerprint density at radius 1 is 1.22 bits per heavy atom. The van der Waals surface area contributed by atoms with E-state index in [0.717, 1.165) is 24.1 Å². The number of rotatable bonds is 8. The monoisotopic (exact) mass is 369 g/mol. The highest BCUT2D eigenvalue weighted by molar-refractivity contribution is 5.94. The summed E-state index contributed by atoms with van der Waals surface area (Å²) in [6, 6.07) is 10.8. The van der Waals surface area contributed by atoms with Crippen molar-refractivity contribution < 1.29 is 14.7 Å². The number of anilines is 1. The summed E-state index contributed by atoms with van der Waals surface area (Å²) in [5, 5.41) is 26.8. The van der Waals surface area contributed by atoms with Gasteiger partial charge in [-0.25, -0.2) is 0 Å². The second-order valence-electron chi connectivity index (χ2n) is 6.18. The molecule has 1 amide bonds. The normalized spacial score (nSPS) is 15.8. The van der Waals surface area contributed by atoms with Gasteiger partial charge in [0.1, 0.15) is 11.9 Å². The maximum absolute atomic E-state index is 12.3. The number of aliphatic hydroxyl groups is 1. The Hall–Kier alpha value is -3.00. The highest BCUT2D eigenvalue weighted by atomic mass is 16.6. The molecular formula is C19H23N5O3. The lowest BCUT2D eigenvalue weighted by molar-refractivity contribution is 0.0753. The van der Waals surface area contributed by atoms with Crippen LogP contribution in [0.5, 0.6) is 0 Å². The summed E-state index contributed by atoms with van der Waals surface area (Å²) in [6.45, 7) is 2.93. The van der Waals surface area contributed by atoms with Crippen molar-refractivity contribution in [3.63, 3.8) is 0 Å². The Bertz CT molecular complexity index is 790. The van der Waals surface area contributed by atoms with Crippen molar-refractivity contribution >= 4 is 17.4 Å². The lowest BCUT2D eigenvalue weighted by atomic mass is 10.1. The van der Waals surface area contributed by atoms with Gasteiger partial charge in [-0.3, -0.25) is 4.79 Å². The summed E-state index contributed by atoms with van der Waals surface area (Å²) in [6.07, 6.45) is 1.54. The van der Waals surface area contributed by atoms with E-state index >= 15 is 0 Å². The van der Waals surface area contributed by atoms with Gasteiger partial charge in [0.15, 0.2) is 0 Å². The number of hydrogen-bond donors (Lipinski definition) is 3. The van der Waals surface area contributed by atoms with Crippen LogP contribution in [0.2, 0.25) is 0 Å². The number of carbonyl (C=O) groups is 1. The largest absolute Gasteiger partial charge is 0.395 e. The van der Waals surface area contributed by atoms with E-state index in [-0.39, 0.29) is 18.6 Å². The average Bonchev–Trinajstić information content (AvgIpc) is 3.19. The molecule has 3 rings (SSSR count). The van der Waals surface area contributed by atoms with Crippen LogP contribution >= 0.6 is 0 Å². The van der Waals surface area contributed by atoms with Crippen LogP contribution in [0.4, 0.5) is 5.82 Å². The zero-order valence-corrected chi connectivity index (χ0v) is 15.2. The van der Waals surface area contributed by atoms with E-state index in [2.05, 4.69) is 26.0 Å². The third-order valence-corrected chi connectivity index (χ3v) is 4.22. The van der Waals surface area contributed by atoms with Crippen LogP contribution in [0.3, 0.4) is 0 Å². The summed E-state index contributed by atoms with van der Waals surface area (Å²) in [5.41, 5.74) is 3.17. The SMILES string of the molecule is CCC1=NOC(CNC(=O)c2ccc(-c3ccc(NCCO)nn3)cc2)C1. The number of nitrogens with zero attached hydrogens (tertiary/aromatic N) is 3. The second kappa shape index (κ2) is 9.09. The van der Waals surface area contributed by atoms with Gasteiger partial charge in [-0.1, -0.05) is 24.2 Å². The van der Waals surface area contributed by atoms with Crippen LogP contribution in [-0.4, -0.2) is 52.7 Å². The van der Waals surface area contributed by atoms with Crippen LogP contribution < -0.4 is 10.6 Å². The molecule has 2 aromatic rings. The summed E-state index contributed by atoms with van der Waals surface area (Å²) in [4.78, 5) is 17.6. The van der Waals surface area contributed by atoms with Crippen molar-refractivity contribution in [3.05, 3.63) is 42.0 Å². The smallest absolute Gasteiger partial charge is 0.251 e. The number of benzene rings is 1. The van der Waals surface area contributed by atoms with E-state index in [1.165, 1.54) is 0 Å². The lowest BCUT2D eigenvalue weighted by Crippen LogP contribution is -2.32. The topological polar surface area (TPSA) is 109 Å². The van der Waals surface area contributed by atoms with Crippen molar-refractivity contribution in [1.29, 1.82) is 0 Å². The maximum atomic E-state index is 12.3. The minimum atomic E-state index is -0.148. The molecule has 8 heteroatoms. The van der Waals surface area contributed by atoms with E-state index in [0.29, 0.717) is 30.2 Å². The third kappa shape index (κ3) is 5.01. The van der Waals surface area contributed by atoms with Crippen LogP contribution in [-0.2, 0) is 4.84 Å². The zero-order valence-electron chi connectivity index (χ0n) is 15.2. The van der Waals surface area contributed by atoms with Crippen molar-refractivity contribution in [1.82, 2.24) is 15.5 Å². The molecule has 2 heterocycles. The average molecular weight is 369 g/mol. The quantitative estimate of drug-likeness (QED) is 0.655.